The van der Waals surface area contributed by atoms with Crippen molar-refractivity contribution in [2.45, 2.75) is 25.5 Å². The molecular weight excluding hydrogens is 284 g/mol. The molecule has 0 unspecified atom stereocenters. The Morgan fingerprint density at radius 3 is 2.82 bits per heavy atom. The maximum absolute atomic E-state index is 12.1. The summed E-state index contributed by atoms with van der Waals surface area (Å²) in [7, 11) is 3.22. The van der Waals surface area contributed by atoms with Gasteiger partial charge in [-0.15, -0.1) is 0 Å². The van der Waals surface area contributed by atoms with Crippen molar-refractivity contribution in [1.29, 1.82) is 0 Å². The van der Waals surface area contributed by atoms with Crippen LogP contribution in [0.25, 0.3) is 0 Å². The summed E-state index contributed by atoms with van der Waals surface area (Å²) in [5, 5.41) is 6.12. The standard InChI is InChI=1S/C16H24N2O4/c1-11-15(17-8-9-22-11)16(19)18-7-6-12-4-5-13(20-2)14(10-12)21-3/h4-5,10-11,15,17H,6-9H2,1-3H3,(H,18,19)/t11-,15+/m1/s1. The Bertz CT molecular complexity index is 507. The Morgan fingerprint density at radius 2 is 2.14 bits per heavy atom. The maximum atomic E-state index is 12.1. The summed E-state index contributed by atoms with van der Waals surface area (Å²) in [5.74, 6) is 1.38. The molecule has 2 atom stereocenters. The molecule has 1 aliphatic rings. The van der Waals surface area contributed by atoms with Crippen LogP contribution in [0.4, 0.5) is 0 Å². The van der Waals surface area contributed by atoms with E-state index in [1.165, 1.54) is 0 Å². The Kier molecular flexibility index (Phi) is 6.03. The zero-order chi connectivity index (χ0) is 15.9. The van der Waals surface area contributed by atoms with Crippen LogP contribution in [0.1, 0.15) is 12.5 Å². The summed E-state index contributed by atoms with van der Waals surface area (Å²) in [5.41, 5.74) is 1.08. The highest BCUT2D eigenvalue weighted by atomic mass is 16.5. The largest absolute Gasteiger partial charge is 0.493 e. The van der Waals surface area contributed by atoms with Crippen molar-refractivity contribution in [3.05, 3.63) is 23.8 Å². The van der Waals surface area contributed by atoms with E-state index in [2.05, 4.69) is 10.6 Å². The third-order valence-electron chi connectivity index (χ3n) is 3.76. The number of ether oxygens (including phenoxy) is 3. The van der Waals surface area contributed by atoms with Crippen LogP contribution in [0, 0.1) is 0 Å². The van der Waals surface area contributed by atoms with E-state index in [1.54, 1.807) is 14.2 Å². The Morgan fingerprint density at radius 1 is 1.36 bits per heavy atom. The van der Waals surface area contributed by atoms with Gasteiger partial charge in [-0.25, -0.2) is 0 Å². The molecule has 0 aliphatic carbocycles. The van der Waals surface area contributed by atoms with Gasteiger partial charge in [0.05, 0.1) is 26.9 Å². The van der Waals surface area contributed by atoms with Gasteiger partial charge in [-0.1, -0.05) is 6.07 Å². The van der Waals surface area contributed by atoms with Gasteiger partial charge < -0.3 is 24.8 Å². The summed E-state index contributed by atoms with van der Waals surface area (Å²) in [4.78, 5) is 12.1. The molecule has 1 aliphatic heterocycles. The van der Waals surface area contributed by atoms with Crippen molar-refractivity contribution >= 4 is 5.91 Å². The lowest BCUT2D eigenvalue weighted by molar-refractivity contribution is -0.128. The van der Waals surface area contributed by atoms with Crippen LogP contribution >= 0.6 is 0 Å². The quantitative estimate of drug-likeness (QED) is 0.811. The van der Waals surface area contributed by atoms with Gasteiger partial charge in [-0.05, 0) is 31.0 Å². The number of hydrogen-bond donors (Lipinski definition) is 2. The zero-order valence-corrected chi connectivity index (χ0v) is 13.3. The highest BCUT2D eigenvalue weighted by Crippen LogP contribution is 2.27. The molecule has 1 aromatic carbocycles. The molecule has 122 valence electrons. The van der Waals surface area contributed by atoms with Crippen molar-refractivity contribution in [3.8, 4) is 11.5 Å². The molecule has 1 fully saturated rings. The lowest BCUT2D eigenvalue weighted by atomic mass is 10.1. The molecule has 0 bridgehead atoms. The third-order valence-corrected chi connectivity index (χ3v) is 3.76. The molecule has 2 rings (SSSR count). The molecule has 1 saturated heterocycles. The summed E-state index contributed by atoms with van der Waals surface area (Å²) < 4.78 is 16.0. The smallest absolute Gasteiger partial charge is 0.239 e. The van der Waals surface area contributed by atoms with Crippen LogP contribution in [0.15, 0.2) is 18.2 Å². The highest BCUT2D eigenvalue weighted by molar-refractivity contribution is 5.82. The van der Waals surface area contributed by atoms with Crippen LogP contribution in [0.5, 0.6) is 11.5 Å². The van der Waals surface area contributed by atoms with Crippen LogP contribution < -0.4 is 20.1 Å². The van der Waals surface area contributed by atoms with Gasteiger partial charge in [0.2, 0.25) is 5.91 Å². The molecule has 0 radical (unpaired) electrons. The van der Waals surface area contributed by atoms with E-state index in [4.69, 9.17) is 14.2 Å². The first-order valence-corrected chi connectivity index (χ1v) is 7.49. The lowest BCUT2D eigenvalue weighted by Gasteiger charge is -2.29. The van der Waals surface area contributed by atoms with Gasteiger partial charge in [0.1, 0.15) is 6.04 Å². The zero-order valence-electron chi connectivity index (χ0n) is 13.3. The molecule has 2 N–H and O–H groups in total. The van der Waals surface area contributed by atoms with Gasteiger partial charge in [-0.2, -0.15) is 0 Å². The minimum atomic E-state index is -0.279. The number of carbonyl (C=O) groups excluding carboxylic acids is 1. The van der Waals surface area contributed by atoms with E-state index in [0.29, 0.717) is 31.2 Å². The number of methoxy groups -OCH3 is 2. The van der Waals surface area contributed by atoms with Gasteiger partial charge >= 0.3 is 0 Å². The topological polar surface area (TPSA) is 68.8 Å². The van der Waals surface area contributed by atoms with Crippen molar-refractivity contribution < 1.29 is 19.0 Å². The second-order valence-electron chi connectivity index (χ2n) is 5.24. The Hall–Kier alpha value is -1.79. The normalized spacial score (nSPS) is 21.2. The fourth-order valence-corrected chi connectivity index (χ4v) is 2.50. The minimum absolute atomic E-state index is 0.0207. The molecule has 1 aromatic rings. The molecule has 6 heteroatoms. The van der Waals surface area contributed by atoms with E-state index in [9.17, 15) is 4.79 Å². The lowest BCUT2D eigenvalue weighted by Crippen LogP contribution is -2.55. The van der Waals surface area contributed by atoms with Crippen molar-refractivity contribution in [2.75, 3.05) is 33.9 Å². The van der Waals surface area contributed by atoms with Crippen molar-refractivity contribution in [2.24, 2.45) is 0 Å². The maximum Gasteiger partial charge on any atom is 0.239 e. The molecule has 1 heterocycles. The predicted molar refractivity (Wildman–Crippen MR) is 83.5 cm³/mol. The van der Waals surface area contributed by atoms with Crippen molar-refractivity contribution in [3.63, 3.8) is 0 Å². The number of morpholine rings is 1. The first-order chi connectivity index (χ1) is 10.7. The van der Waals surface area contributed by atoms with E-state index in [-0.39, 0.29) is 18.1 Å². The first-order valence-electron chi connectivity index (χ1n) is 7.49. The Balaban J connectivity index is 1.84. The predicted octanol–water partition coefficient (Wildman–Crippen LogP) is 0.739. The summed E-state index contributed by atoms with van der Waals surface area (Å²) in [6, 6.07) is 5.49. The van der Waals surface area contributed by atoms with E-state index >= 15 is 0 Å². The number of rotatable bonds is 6. The van der Waals surface area contributed by atoms with E-state index < -0.39 is 0 Å². The molecule has 6 nitrogen and oxygen atoms in total. The fraction of sp³-hybridized carbons (Fsp3) is 0.562. The molecule has 1 amide bonds. The number of amides is 1. The summed E-state index contributed by atoms with van der Waals surface area (Å²) in [6.45, 7) is 3.83. The fourth-order valence-electron chi connectivity index (χ4n) is 2.50. The molecule has 0 aromatic heterocycles. The Labute approximate surface area is 131 Å². The average molecular weight is 308 g/mol. The molecule has 22 heavy (non-hydrogen) atoms. The number of benzene rings is 1. The highest BCUT2D eigenvalue weighted by Gasteiger charge is 2.27. The molecule has 0 spiro atoms. The second kappa shape index (κ2) is 8.00. The molecular formula is C16H24N2O4. The van der Waals surface area contributed by atoms with Gasteiger partial charge in [0.15, 0.2) is 11.5 Å². The van der Waals surface area contributed by atoms with E-state index in [1.807, 2.05) is 25.1 Å². The van der Waals surface area contributed by atoms with Crippen LogP contribution in [0.2, 0.25) is 0 Å². The molecule has 0 saturated carbocycles. The summed E-state index contributed by atoms with van der Waals surface area (Å²) >= 11 is 0. The van der Waals surface area contributed by atoms with Crippen LogP contribution in [-0.4, -0.2) is 52.0 Å². The summed E-state index contributed by atoms with van der Waals surface area (Å²) in [6.07, 6.45) is 0.628. The number of nitrogens with one attached hydrogen (secondary N) is 2. The SMILES string of the molecule is COc1ccc(CCNC(=O)[C@H]2NCCO[C@@H]2C)cc1OC. The second-order valence-corrected chi connectivity index (χ2v) is 5.24. The van der Waals surface area contributed by atoms with Crippen molar-refractivity contribution in [1.82, 2.24) is 10.6 Å². The minimum Gasteiger partial charge on any atom is -0.493 e. The van der Waals surface area contributed by atoms with Gasteiger partial charge in [0, 0.05) is 13.1 Å². The monoisotopic (exact) mass is 308 g/mol. The number of hydrogen-bond acceptors (Lipinski definition) is 5. The first kappa shape index (κ1) is 16.6. The van der Waals surface area contributed by atoms with Crippen LogP contribution in [-0.2, 0) is 16.0 Å². The average Bonchev–Trinajstić information content (AvgIpc) is 2.55. The van der Waals surface area contributed by atoms with Gasteiger partial charge in [-0.3, -0.25) is 4.79 Å². The number of carbonyl (C=O) groups is 1. The van der Waals surface area contributed by atoms with E-state index in [0.717, 1.165) is 12.0 Å². The van der Waals surface area contributed by atoms with Gasteiger partial charge in [0.25, 0.3) is 0 Å². The van der Waals surface area contributed by atoms with Crippen LogP contribution in [0.3, 0.4) is 0 Å². The third kappa shape index (κ3) is 4.11.